The first kappa shape index (κ1) is 11.4. The van der Waals surface area contributed by atoms with E-state index in [1.165, 1.54) is 0 Å². The third-order valence-electron chi connectivity index (χ3n) is 1.56. The number of carboxylic acid groups (broad SMARTS) is 1. The quantitative estimate of drug-likeness (QED) is 0.502. The minimum absolute atomic E-state index is 0.450. The van der Waals surface area contributed by atoms with Crippen LogP contribution in [0, 0.1) is 0 Å². The van der Waals surface area contributed by atoms with E-state index in [1.807, 2.05) is 0 Å². The van der Waals surface area contributed by atoms with Crippen molar-refractivity contribution < 1.29 is 9.90 Å². The third kappa shape index (κ3) is 6.12. The first-order valence-corrected chi connectivity index (χ1v) is 4.25. The van der Waals surface area contributed by atoms with E-state index in [0.29, 0.717) is 12.5 Å². The molecular weight excluding hydrogens is 156 g/mol. The molecule has 0 amide bonds. The van der Waals surface area contributed by atoms with E-state index in [4.69, 9.17) is 10.8 Å². The van der Waals surface area contributed by atoms with Gasteiger partial charge in [-0.25, -0.2) is 0 Å². The molecular formula is C8H18N2O2. The van der Waals surface area contributed by atoms with Crippen LogP contribution in [0.25, 0.3) is 0 Å². The average Bonchev–Trinajstić information content (AvgIpc) is 1.97. The van der Waals surface area contributed by atoms with Crippen molar-refractivity contribution in [1.29, 1.82) is 0 Å². The summed E-state index contributed by atoms with van der Waals surface area (Å²) in [4.78, 5) is 10.3. The average molecular weight is 174 g/mol. The highest BCUT2D eigenvalue weighted by Gasteiger charge is 2.09. The Labute approximate surface area is 73.1 Å². The largest absolute Gasteiger partial charge is 0.480 e. The molecule has 0 aliphatic heterocycles. The molecule has 4 N–H and O–H groups in total. The Hall–Kier alpha value is -0.610. The molecule has 1 atom stereocenters. The molecule has 0 rings (SSSR count). The molecule has 0 aromatic carbocycles. The monoisotopic (exact) mass is 174 g/mol. The van der Waals surface area contributed by atoms with Crippen molar-refractivity contribution in [3.63, 3.8) is 0 Å². The fraction of sp³-hybridized carbons (Fsp3) is 0.875. The summed E-state index contributed by atoms with van der Waals surface area (Å²) in [6.07, 6.45) is 1.35. The lowest BCUT2D eigenvalue weighted by molar-refractivity contribution is -0.138. The second-order valence-electron chi connectivity index (χ2n) is 3.20. The summed E-state index contributed by atoms with van der Waals surface area (Å²) >= 11 is 0. The van der Waals surface area contributed by atoms with Gasteiger partial charge in [-0.2, -0.15) is 0 Å². The van der Waals surface area contributed by atoms with Crippen molar-refractivity contribution in [1.82, 2.24) is 5.32 Å². The third-order valence-corrected chi connectivity index (χ3v) is 1.56. The van der Waals surface area contributed by atoms with Crippen LogP contribution in [-0.2, 0) is 4.79 Å². The molecule has 0 heterocycles. The number of nitrogens with one attached hydrogen (secondary N) is 1. The molecule has 0 spiro atoms. The lowest BCUT2D eigenvalue weighted by atomic mass is 10.1. The van der Waals surface area contributed by atoms with Crippen molar-refractivity contribution in [2.45, 2.75) is 38.8 Å². The van der Waals surface area contributed by atoms with Gasteiger partial charge in [0.1, 0.15) is 6.04 Å². The molecule has 0 aromatic rings. The maximum atomic E-state index is 10.3. The zero-order chi connectivity index (χ0) is 9.56. The molecule has 0 aromatic heterocycles. The van der Waals surface area contributed by atoms with Gasteiger partial charge in [0, 0.05) is 6.04 Å². The Balaban J connectivity index is 3.25. The van der Waals surface area contributed by atoms with Crippen LogP contribution in [0.15, 0.2) is 0 Å². The topological polar surface area (TPSA) is 75.3 Å². The lowest BCUT2D eigenvalue weighted by Crippen LogP contribution is -2.31. The van der Waals surface area contributed by atoms with Crippen LogP contribution in [0.1, 0.15) is 26.7 Å². The number of hydrogen-bond donors (Lipinski definition) is 3. The summed E-state index contributed by atoms with van der Waals surface area (Å²) in [6.45, 7) is 4.94. The highest BCUT2D eigenvalue weighted by Crippen LogP contribution is 1.93. The van der Waals surface area contributed by atoms with Crippen molar-refractivity contribution in [3.05, 3.63) is 0 Å². The zero-order valence-electron chi connectivity index (χ0n) is 7.71. The highest BCUT2D eigenvalue weighted by atomic mass is 16.4. The predicted molar refractivity (Wildman–Crippen MR) is 48.0 cm³/mol. The Morgan fingerprint density at radius 3 is 2.58 bits per heavy atom. The van der Waals surface area contributed by atoms with Crippen LogP contribution < -0.4 is 11.1 Å². The smallest absolute Gasteiger partial charge is 0.320 e. The fourth-order valence-electron chi connectivity index (χ4n) is 0.836. The summed E-state index contributed by atoms with van der Waals surface area (Å²) in [5.41, 5.74) is 5.31. The van der Waals surface area contributed by atoms with Gasteiger partial charge in [0.15, 0.2) is 0 Å². The van der Waals surface area contributed by atoms with E-state index >= 15 is 0 Å². The summed E-state index contributed by atoms with van der Waals surface area (Å²) in [7, 11) is 0. The minimum Gasteiger partial charge on any atom is -0.480 e. The first-order valence-electron chi connectivity index (χ1n) is 4.25. The lowest BCUT2D eigenvalue weighted by Gasteiger charge is -2.09. The van der Waals surface area contributed by atoms with E-state index in [9.17, 15) is 4.79 Å². The van der Waals surface area contributed by atoms with Gasteiger partial charge in [-0.05, 0) is 19.4 Å². The highest BCUT2D eigenvalue weighted by molar-refractivity contribution is 5.72. The van der Waals surface area contributed by atoms with Gasteiger partial charge < -0.3 is 16.2 Å². The number of hydrogen-bond acceptors (Lipinski definition) is 3. The summed E-state index contributed by atoms with van der Waals surface area (Å²) in [6, 6.07) is -0.259. The van der Waals surface area contributed by atoms with Crippen LogP contribution in [-0.4, -0.2) is 29.7 Å². The molecule has 0 aliphatic carbocycles. The molecule has 4 nitrogen and oxygen atoms in total. The van der Waals surface area contributed by atoms with Crippen LogP contribution in [0.3, 0.4) is 0 Å². The van der Waals surface area contributed by atoms with Crippen molar-refractivity contribution in [3.8, 4) is 0 Å². The predicted octanol–water partition coefficient (Wildman–Crippen LogP) is 0.177. The van der Waals surface area contributed by atoms with E-state index < -0.39 is 12.0 Å². The molecule has 1 unspecified atom stereocenters. The second-order valence-corrected chi connectivity index (χ2v) is 3.20. The minimum atomic E-state index is -0.917. The van der Waals surface area contributed by atoms with Gasteiger partial charge in [-0.15, -0.1) is 0 Å². The Morgan fingerprint density at radius 1 is 1.58 bits per heavy atom. The van der Waals surface area contributed by atoms with Gasteiger partial charge in [-0.1, -0.05) is 13.8 Å². The number of aliphatic carboxylic acids is 1. The zero-order valence-corrected chi connectivity index (χ0v) is 7.71. The summed E-state index contributed by atoms with van der Waals surface area (Å²) in [5.74, 6) is -0.917. The Bertz CT molecular complexity index is 137. The first-order chi connectivity index (χ1) is 5.54. The van der Waals surface area contributed by atoms with Gasteiger partial charge >= 0.3 is 5.97 Å². The van der Waals surface area contributed by atoms with Gasteiger partial charge in [0.2, 0.25) is 0 Å². The van der Waals surface area contributed by atoms with E-state index in [2.05, 4.69) is 19.2 Å². The van der Waals surface area contributed by atoms with Crippen molar-refractivity contribution in [2.75, 3.05) is 6.54 Å². The van der Waals surface area contributed by atoms with Crippen LogP contribution in [0.2, 0.25) is 0 Å². The van der Waals surface area contributed by atoms with E-state index in [0.717, 1.165) is 13.0 Å². The van der Waals surface area contributed by atoms with Gasteiger partial charge in [0.25, 0.3) is 0 Å². The fourth-order valence-corrected chi connectivity index (χ4v) is 0.836. The maximum Gasteiger partial charge on any atom is 0.320 e. The molecule has 0 bridgehead atoms. The standard InChI is InChI=1S/C8H18N2O2/c1-6(2)10-5-3-4-7(9)8(11)12/h6-7,10H,3-5,9H2,1-2H3,(H,11,12). The van der Waals surface area contributed by atoms with Gasteiger partial charge in [-0.3, -0.25) is 4.79 Å². The molecule has 12 heavy (non-hydrogen) atoms. The molecule has 0 fully saturated rings. The van der Waals surface area contributed by atoms with Crippen LogP contribution in [0.5, 0.6) is 0 Å². The molecule has 72 valence electrons. The number of nitrogens with two attached hydrogens (primary N) is 1. The molecule has 0 radical (unpaired) electrons. The van der Waals surface area contributed by atoms with Crippen molar-refractivity contribution in [2.24, 2.45) is 5.73 Å². The number of carbonyl (C=O) groups is 1. The van der Waals surface area contributed by atoms with Gasteiger partial charge in [0.05, 0.1) is 0 Å². The maximum absolute atomic E-state index is 10.3. The number of rotatable bonds is 6. The summed E-state index contributed by atoms with van der Waals surface area (Å²) < 4.78 is 0. The van der Waals surface area contributed by atoms with E-state index in [-0.39, 0.29) is 0 Å². The molecule has 0 saturated heterocycles. The molecule has 0 aliphatic rings. The molecule has 4 heteroatoms. The van der Waals surface area contributed by atoms with Crippen LogP contribution >= 0.6 is 0 Å². The normalized spacial score (nSPS) is 13.3. The van der Waals surface area contributed by atoms with E-state index in [1.54, 1.807) is 0 Å². The molecule has 0 saturated carbocycles. The second kappa shape index (κ2) is 5.97. The SMILES string of the molecule is CC(C)NCCCC(N)C(=O)O. The Morgan fingerprint density at radius 2 is 2.17 bits per heavy atom. The number of carboxylic acids is 1. The Kier molecular flexibility index (Phi) is 5.66. The van der Waals surface area contributed by atoms with Crippen LogP contribution in [0.4, 0.5) is 0 Å². The van der Waals surface area contributed by atoms with Crippen molar-refractivity contribution >= 4 is 5.97 Å². The summed E-state index contributed by atoms with van der Waals surface area (Å²) in [5, 5.41) is 11.6.